The van der Waals surface area contributed by atoms with E-state index in [2.05, 4.69) is 15.6 Å². The van der Waals surface area contributed by atoms with E-state index in [0.29, 0.717) is 0 Å². The average Bonchev–Trinajstić information content (AvgIpc) is 3.31. The Labute approximate surface area is 148 Å². The van der Waals surface area contributed by atoms with Crippen molar-refractivity contribution in [3.8, 4) is 0 Å². The van der Waals surface area contributed by atoms with E-state index in [1.807, 2.05) is 72.1 Å². The second-order valence-corrected chi connectivity index (χ2v) is 6.64. The summed E-state index contributed by atoms with van der Waals surface area (Å²) in [6.45, 7) is 0.134. The number of para-hydroxylation sites is 1. The molecule has 0 saturated heterocycles. The van der Waals surface area contributed by atoms with Crippen LogP contribution in [-0.4, -0.2) is 20.9 Å². The first-order chi connectivity index (χ1) is 12.3. The van der Waals surface area contributed by atoms with Crippen molar-refractivity contribution in [2.24, 2.45) is 0 Å². The smallest absolute Gasteiger partial charge is 0.242 e. The number of nitrogens with one attached hydrogen (secondary N) is 1. The van der Waals surface area contributed by atoms with Crippen molar-refractivity contribution in [3.63, 3.8) is 0 Å². The Morgan fingerprint density at radius 1 is 1.04 bits per heavy atom. The van der Waals surface area contributed by atoms with Gasteiger partial charge >= 0.3 is 0 Å². The first-order valence-corrected chi connectivity index (χ1v) is 8.85. The maximum atomic E-state index is 12.6. The van der Waals surface area contributed by atoms with E-state index >= 15 is 0 Å². The summed E-state index contributed by atoms with van der Waals surface area (Å²) in [5.41, 5.74) is 2.69. The lowest BCUT2D eigenvalue weighted by Crippen LogP contribution is -2.32. The number of benzene rings is 2. The van der Waals surface area contributed by atoms with Gasteiger partial charge < -0.3 is 5.32 Å². The first kappa shape index (κ1) is 15.5. The number of thiophene rings is 1. The standard InChI is InChI=1S/C19H16N4OS/c24-18(13-23-16-10-5-4-9-15(16)21-22-23)20-19(17-11-6-12-25-17)14-7-2-1-3-8-14/h1-12,19H,13H2,(H,20,24). The van der Waals surface area contributed by atoms with Gasteiger partial charge in [0.25, 0.3) is 0 Å². The third kappa shape index (κ3) is 3.29. The highest BCUT2D eigenvalue weighted by Gasteiger charge is 2.18. The van der Waals surface area contributed by atoms with Crippen LogP contribution in [0.1, 0.15) is 16.5 Å². The van der Waals surface area contributed by atoms with Crippen molar-refractivity contribution in [1.29, 1.82) is 0 Å². The second kappa shape index (κ2) is 6.86. The molecule has 0 spiro atoms. The Kier molecular flexibility index (Phi) is 4.26. The van der Waals surface area contributed by atoms with Gasteiger partial charge in [-0.25, -0.2) is 4.68 Å². The van der Waals surface area contributed by atoms with Crippen molar-refractivity contribution in [2.75, 3.05) is 0 Å². The SMILES string of the molecule is O=C(Cn1nnc2ccccc21)NC(c1ccccc1)c1cccs1. The minimum atomic E-state index is -0.163. The molecule has 25 heavy (non-hydrogen) atoms. The molecule has 1 unspecified atom stereocenters. The Hall–Kier alpha value is -2.99. The molecule has 1 N–H and O–H groups in total. The number of hydrogen-bond donors (Lipinski definition) is 1. The lowest BCUT2D eigenvalue weighted by Gasteiger charge is -2.18. The molecular formula is C19H16N4OS. The van der Waals surface area contributed by atoms with Crippen molar-refractivity contribution >= 4 is 28.3 Å². The molecule has 6 heteroatoms. The van der Waals surface area contributed by atoms with Crippen molar-refractivity contribution < 1.29 is 4.79 Å². The zero-order chi connectivity index (χ0) is 17.1. The number of carbonyl (C=O) groups excluding carboxylic acids is 1. The number of aromatic nitrogens is 3. The van der Waals surface area contributed by atoms with Crippen LogP contribution >= 0.6 is 11.3 Å². The monoisotopic (exact) mass is 348 g/mol. The van der Waals surface area contributed by atoms with Crippen LogP contribution in [0.5, 0.6) is 0 Å². The number of carbonyl (C=O) groups is 1. The lowest BCUT2D eigenvalue weighted by atomic mass is 10.1. The van der Waals surface area contributed by atoms with Gasteiger partial charge in [0.2, 0.25) is 5.91 Å². The summed E-state index contributed by atoms with van der Waals surface area (Å²) in [6, 6.07) is 21.5. The summed E-state index contributed by atoms with van der Waals surface area (Å²) in [4.78, 5) is 13.7. The summed E-state index contributed by atoms with van der Waals surface area (Å²) in [5.74, 6) is -0.0992. The normalized spacial score (nSPS) is 12.2. The highest BCUT2D eigenvalue weighted by Crippen LogP contribution is 2.25. The van der Waals surface area contributed by atoms with Crippen LogP contribution in [0.3, 0.4) is 0 Å². The Morgan fingerprint density at radius 2 is 1.84 bits per heavy atom. The van der Waals surface area contributed by atoms with Crippen LogP contribution in [0.15, 0.2) is 72.1 Å². The molecule has 1 atom stereocenters. The van der Waals surface area contributed by atoms with Crippen LogP contribution in [0.4, 0.5) is 0 Å². The zero-order valence-electron chi connectivity index (χ0n) is 13.4. The summed E-state index contributed by atoms with van der Waals surface area (Å²) in [5, 5.41) is 13.3. The van der Waals surface area contributed by atoms with Crippen LogP contribution in [0.2, 0.25) is 0 Å². The number of rotatable bonds is 5. The molecular weight excluding hydrogens is 332 g/mol. The Bertz CT molecular complexity index is 979. The van der Waals surface area contributed by atoms with Gasteiger partial charge in [0.15, 0.2) is 0 Å². The van der Waals surface area contributed by atoms with E-state index in [0.717, 1.165) is 21.5 Å². The van der Waals surface area contributed by atoms with E-state index < -0.39 is 0 Å². The van der Waals surface area contributed by atoms with Gasteiger partial charge in [0.05, 0.1) is 11.6 Å². The van der Waals surface area contributed by atoms with E-state index in [1.165, 1.54) is 0 Å². The maximum Gasteiger partial charge on any atom is 0.242 e. The molecule has 1 amide bonds. The number of hydrogen-bond acceptors (Lipinski definition) is 4. The summed E-state index contributed by atoms with van der Waals surface area (Å²) < 4.78 is 1.63. The van der Waals surface area contributed by atoms with Crippen molar-refractivity contribution in [1.82, 2.24) is 20.3 Å². The van der Waals surface area contributed by atoms with Gasteiger partial charge in [-0.3, -0.25) is 4.79 Å². The van der Waals surface area contributed by atoms with Gasteiger partial charge in [0.1, 0.15) is 12.1 Å². The topological polar surface area (TPSA) is 59.8 Å². The molecule has 0 saturated carbocycles. The van der Waals surface area contributed by atoms with Crippen molar-refractivity contribution in [2.45, 2.75) is 12.6 Å². The molecule has 0 radical (unpaired) electrons. The predicted octanol–water partition coefficient (Wildman–Crippen LogP) is 3.40. The fourth-order valence-corrected chi connectivity index (χ4v) is 3.60. The maximum absolute atomic E-state index is 12.6. The van der Waals surface area contributed by atoms with E-state index in [9.17, 15) is 4.79 Å². The highest BCUT2D eigenvalue weighted by atomic mass is 32.1. The van der Waals surface area contributed by atoms with Gasteiger partial charge in [-0.05, 0) is 29.1 Å². The molecule has 124 valence electrons. The third-order valence-corrected chi connectivity index (χ3v) is 4.92. The Morgan fingerprint density at radius 3 is 2.64 bits per heavy atom. The highest BCUT2D eigenvalue weighted by molar-refractivity contribution is 7.10. The van der Waals surface area contributed by atoms with E-state index in [-0.39, 0.29) is 18.5 Å². The molecule has 0 aliphatic carbocycles. The van der Waals surface area contributed by atoms with Gasteiger partial charge in [-0.1, -0.05) is 53.7 Å². The first-order valence-electron chi connectivity index (χ1n) is 7.97. The molecule has 2 heterocycles. The van der Waals surface area contributed by atoms with Gasteiger partial charge in [-0.2, -0.15) is 0 Å². The van der Waals surface area contributed by atoms with E-state index in [4.69, 9.17) is 0 Å². The fourth-order valence-electron chi connectivity index (χ4n) is 2.80. The lowest BCUT2D eigenvalue weighted by molar-refractivity contribution is -0.122. The molecule has 2 aromatic heterocycles. The minimum absolute atomic E-state index is 0.0992. The summed E-state index contributed by atoms with van der Waals surface area (Å²) >= 11 is 1.63. The Balaban J connectivity index is 1.57. The quantitative estimate of drug-likeness (QED) is 0.601. The molecule has 2 aromatic carbocycles. The average molecular weight is 348 g/mol. The molecule has 0 fully saturated rings. The second-order valence-electron chi connectivity index (χ2n) is 5.66. The molecule has 4 aromatic rings. The molecule has 0 aliphatic heterocycles. The van der Waals surface area contributed by atoms with Crippen LogP contribution in [0, 0.1) is 0 Å². The number of fused-ring (bicyclic) bond motifs is 1. The molecule has 4 rings (SSSR count). The molecule has 0 aliphatic rings. The van der Waals surface area contributed by atoms with Crippen LogP contribution in [0.25, 0.3) is 11.0 Å². The van der Waals surface area contributed by atoms with Gasteiger partial charge in [0, 0.05) is 4.88 Å². The molecule has 5 nitrogen and oxygen atoms in total. The van der Waals surface area contributed by atoms with E-state index in [1.54, 1.807) is 16.0 Å². The number of nitrogens with zero attached hydrogens (tertiary/aromatic N) is 3. The van der Waals surface area contributed by atoms with Crippen molar-refractivity contribution in [3.05, 3.63) is 82.6 Å². The van der Waals surface area contributed by atoms with Crippen LogP contribution < -0.4 is 5.32 Å². The minimum Gasteiger partial charge on any atom is -0.343 e. The fraction of sp³-hybridized carbons (Fsp3) is 0.105. The van der Waals surface area contributed by atoms with Gasteiger partial charge in [-0.15, -0.1) is 16.4 Å². The summed E-state index contributed by atoms with van der Waals surface area (Å²) in [6.07, 6.45) is 0. The van der Waals surface area contributed by atoms with Crippen LogP contribution in [-0.2, 0) is 11.3 Å². The third-order valence-electron chi connectivity index (χ3n) is 3.98. The predicted molar refractivity (Wildman–Crippen MR) is 98.3 cm³/mol. The zero-order valence-corrected chi connectivity index (χ0v) is 14.2. The largest absolute Gasteiger partial charge is 0.343 e. The number of amides is 1. The molecule has 0 bridgehead atoms. The summed E-state index contributed by atoms with van der Waals surface area (Å²) in [7, 11) is 0.